The van der Waals surface area contributed by atoms with Crippen LogP contribution in [0.4, 0.5) is 0 Å². The topological polar surface area (TPSA) is 127 Å². The maximum atomic E-state index is 10.4. The molecule has 0 saturated heterocycles. The van der Waals surface area contributed by atoms with Crippen molar-refractivity contribution in [1.82, 2.24) is 0 Å². The summed E-state index contributed by atoms with van der Waals surface area (Å²) in [5, 5.41) is 17.0. The van der Waals surface area contributed by atoms with Gasteiger partial charge in [-0.25, -0.2) is 0 Å². The number of carbonyl (C=O) groups excluding carboxylic acids is 4. The van der Waals surface area contributed by atoms with Crippen LogP contribution in [0.25, 0.3) is 0 Å². The number of ether oxygens (including phenoxy) is 2. The summed E-state index contributed by atoms with van der Waals surface area (Å²) < 4.78 is 9.44. The minimum atomic E-state index is -0.500. The molecule has 9 heteroatoms. The van der Waals surface area contributed by atoms with Crippen LogP contribution in [0.3, 0.4) is 0 Å². The molecule has 2 N–H and O–H groups in total. The molecule has 0 spiro atoms. The first kappa shape index (κ1) is 38.9. The van der Waals surface area contributed by atoms with E-state index >= 15 is 0 Å². The smallest absolute Gasteiger partial charge is 0.541 e. The van der Waals surface area contributed by atoms with Crippen LogP contribution in [0.2, 0.25) is 0 Å². The molecule has 170 valence electrons. The summed E-state index contributed by atoms with van der Waals surface area (Å²) in [6.45, 7) is 15.1. The average molecular weight is 498 g/mol. The zero-order chi connectivity index (χ0) is 23.2. The molecule has 0 amide bonds. The Balaban J connectivity index is -0.0000000907. The fraction of sp³-hybridized carbons (Fsp3) is 0.800. The molecule has 0 saturated carbocycles. The first-order valence-corrected chi connectivity index (χ1v) is 8.95. The molecule has 0 aliphatic heterocycles. The van der Waals surface area contributed by atoms with Crippen molar-refractivity contribution in [2.24, 2.45) is 0 Å². The first-order chi connectivity index (χ1) is 12.6. The minimum absolute atomic E-state index is 0. The van der Waals surface area contributed by atoms with Gasteiger partial charge in [0.2, 0.25) is 0 Å². The fourth-order valence-corrected chi connectivity index (χ4v) is 0.695. The quantitative estimate of drug-likeness (QED) is 0.345. The molecule has 29 heavy (non-hydrogen) atoms. The van der Waals surface area contributed by atoms with Crippen LogP contribution in [0.1, 0.15) is 68.2 Å². The molecule has 0 rings (SSSR count). The molecule has 0 bridgehead atoms. The molecule has 0 fully saturated rings. The Kier molecular flexibility index (Phi) is 34.2. The normalized spacial score (nSPS) is 9.72. The van der Waals surface area contributed by atoms with Gasteiger partial charge >= 0.3 is 26.2 Å². The van der Waals surface area contributed by atoms with Crippen LogP contribution >= 0.6 is 0 Å². The van der Waals surface area contributed by atoms with E-state index in [-0.39, 0.29) is 63.8 Å². The van der Waals surface area contributed by atoms with Crippen molar-refractivity contribution >= 4 is 24.1 Å². The van der Waals surface area contributed by atoms with Gasteiger partial charge in [0, 0.05) is 13.2 Å². The van der Waals surface area contributed by atoms with Crippen molar-refractivity contribution in [1.29, 1.82) is 0 Å². The van der Waals surface area contributed by atoms with Gasteiger partial charge in [0.05, 0.1) is 11.2 Å². The van der Waals surface area contributed by atoms with Crippen LogP contribution in [-0.4, -0.2) is 72.0 Å². The predicted molar refractivity (Wildman–Crippen MR) is 108 cm³/mol. The second kappa shape index (κ2) is 25.4. The van der Waals surface area contributed by atoms with Crippen LogP contribution in [0.15, 0.2) is 0 Å². The zero-order valence-electron chi connectivity index (χ0n) is 19.1. The second-order valence-corrected chi connectivity index (χ2v) is 7.34. The van der Waals surface area contributed by atoms with E-state index in [0.717, 1.165) is 0 Å². The van der Waals surface area contributed by atoms with E-state index in [0.29, 0.717) is 13.2 Å². The van der Waals surface area contributed by atoms with Crippen molar-refractivity contribution in [2.75, 3.05) is 26.4 Å². The molecule has 0 unspecified atom stereocenters. The average Bonchev–Trinajstić information content (AvgIpc) is 2.49. The molecule has 0 atom stereocenters. The van der Waals surface area contributed by atoms with Gasteiger partial charge in [0.25, 0.3) is 0 Å². The van der Waals surface area contributed by atoms with Gasteiger partial charge in [-0.2, -0.15) is 0 Å². The monoisotopic (exact) mass is 496 g/mol. The van der Waals surface area contributed by atoms with Crippen LogP contribution in [0, 0.1) is 0 Å². The third-order valence-electron chi connectivity index (χ3n) is 1.47. The second-order valence-electron chi connectivity index (χ2n) is 7.34. The van der Waals surface area contributed by atoms with E-state index in [4.69, 9.17) is 19.7 Å². The maximum absolute atomic E-state index is 10.4. The van der Waals surface area contributed by atoms with Gasteiger partial charge in [-0.3, -0.25) is 22.2 Å². The van der Waals surface area contributed by atoms with E-state index in [1.807, 2.05) is 0 Å². The van der Waals surface area contributed by atoms with E-state index in [1.54, 1.807) is 55.4 Å². The third-order valence-corrected chi connectivity index (χ3v) is 1.47. The largest absolute Gasteiger partial charge is 2.00 e. The number of ketones is 2. The van der Waals surface area contributed by atoms with E-state index in [9.17, 15) is 19.2 Å². The van der Waals surface area contributed by atoms with Crippen LogP contribution in [0.5, 0.6) is 0 Å². The van der Waals surface area contributed by atoms with E-state index in [1.165, 1.54) is 12.6 Å². The van der Waals surface area contributed by atoms with E-state index in [2.05, 4.69) is 0 Å². The summed E-state index contributed by atoms with van der Waals surface area (Å²) in [6, 6.07) is 0. The standard InChI is InChI=1S/2C6H9O3.2C4H10O.Zr/c2*1-2-9-5-6(8)3-4-7;2*1-4(2,3)5;/h2*2-3,5H2,1H3;2*5H,1-3H3;/q2*-1;;;+2. The van der Waals surface area contributed by atoms with Crippen molar-refractivity contribution in [2.45, 2.75) is 79.4 Å². The van der Waals surface area contributed by atoms with Crippen molar-refractivity contribution in [3.63, 3.8) is 0 Å². The number of carbonyl (C=O) groups is 2. The van der Waals surface area contributed by atoms with Crippen molar-refractivity contribution < 1.29 is 65.1 Å². The van der Waals surface area contributed by atoms with Gasteiger partial charge in [0.1, 0.15) is 24.8 Å². The van der Waals surface area contributed by atoms with Crippen molar-refractivity contribution in [3.8, 4) is 0 Å². The Morgan fingerprint density at radius 1 is 0.724 bits per heavy atom. The van der Waals surface area contributed by atoms with Gasteiger partial charge in [-0.1, -0.05) is 12.8 Å². The van der Waals surface area contributed by atoms with Crippen LogP contribution in [-0.2, 0) is 54.9 Å². The summed E-state index contributed by atoms with van der Waals surface area (Å²) in [5.74, 6) is -0.432. The zero-order valence-corrected chi connectivity index (χ0v) is 21.5. The predicted octanol–water partition coefficient (Wildman–Crippen LogP) is 1.74. The SMILES string of the molecule is CC(C)(C)O.CC(C)(C)O.CCOCC(=O)C[C-]=O.CCOCC(=O)C[C-]=O.[Zr+2]. The summed E-state index contributed by atoms with van der Waals surface area (Å²) in [5.41, 5.74) is -1.00. The molecule has 0 aliphatic rings. The van der Waals surface area contributed by atoms with Gasteiger partial charge in [-0.15, -0.1) is 0 Å². The van der Waals surface area contributed by atoms with Crippen LogP contribution < -0.4 is 0 Å². The van der Waals surface area contributed by atoms with Crippen molar-refractivity contribution in [3.05, 3.63) is 0 Å². The summed E-state index contributed by atoms with van der Waals surface area (Å²) in [7, 11) is 0. The Bertz CT molecular complexity index is 348. The van der Waals surface area contributed by atoms with Gasteiger partial charge in [0.15, 0.2) is 0 Å². The van der Waals surface area contributed by atoms with Gasteiger partial charge < -0.3 is 29.3 Å². The number of hydrogen-bond acceptors (Lipinski definition) is 8. The summed E-state index contributed by atoms with van der Waals surface area (Å²) in [6.07, 6.45) is 2.69. The molecule has 0 aliphatic carbocycles. The summed E-state index contributed by atoms with van der Waals surface area (Å²) >= 11 is 0. The Hall–Kier alpha value is -0.597. The van der Waals surface area contributed by atoms with E-state index < -0.39 is 11.2 Å². The molecule has 0 radical (unpaired) electrons. The number of hydrogen-bond donors (Lipinski definition) is 2. The molecule has 0 heterocycles. The number of rotatable bonds is 10. The Morgan fingerprint density at radius 2 is 0.931 bits per heavy atom. The first-order valence-electron chi connectivity index (χ1n) is 8.95. The summed E-state index contributed by atoms with van der Waals surface area (Å²) in [4.78, 5) is 40.0. The number of aliphatic hydroxyl groups is 2. The molecular weight excluding hydrogens is 459 g/mol. The molecule has 0 aromatic rings. The number of Topliss-reactive ketones (excluding diaryl/α,β-unsaturated/α-hetero) is 2. The molecule has 0 aromatic heterocycles. The van der Waals surface area contributed by atoms with Gasteiger partial charge in [-0.05, 0) is 55.4 Å². The molecule has 8 nitrogen and oxygen atoms in total. The maximum Gasteiger partial charge on any atom is 2.00 e. The Labute approximate surface area is 194 Å². The molecular formula is C20H38O8Zr. The minimum Gasteiger partial charge on any atom is -0.541 e. The third kappa shape index (κ3) is 98.4. The fourth-order valence-electron chi connectivity index (χ4n) is 0.695. The Morgan fingerprint density at radius 3 is 1.07 bits per heavy atom. The molecule has 0 aromatic carbocycles.